The molecule has 2 heterocycles. The molecule has 0 unspecified atom stereocenters. The summed E-state index contributed by atoms with van der Waals surface area (Å²) in [6.45, 7) is 0.730. The second kappa shape index (κ2) is 6.65. The fraction of sp³-hybridized carbons (Fsp3) is 0.250. The van der Waals surface area contributed by atoms with Gasteiger partial charge in [-0.3, -0.25) is 4.40 Å². The van der Waals surface area contributed by atoms with Crippen LogP contribution in [0.2, 0.25) is 0 Å². The summed E-state index contributed by atoms with van der Waals surface area (Å²) in [4.78, 5) is 0. The first kappa shape index (κ1) is 14.6. The molecule has 114 valence electrons. The zero-order chi connectivity index (χ0) is 15.4. The third-order valence-electron chi connectivity index (χ3n) is 3.44. The minimum atomic E-state index is -0.411. The topological polar surface area (TPSA) is 85.7 Å². The number of aliphatic hydroxyl groups excluding tert-OH is 1. The summed E-state index contributed by atoms with van der Waals surface area (Å²) >= 11 is 0. The summed E-state index contributed by atoms with van der Waals surface area (Å²) in [7, 11) is 0. The van der Waals surface area contributed by atoms with Crippen molar-refractivity contribution in [1.82, 2.24) is 14.6 Å². The van der Waals surface area contributed by atoms with Crippen LogP contribution in [0.15, 0.2) is 48.5 Å². The molecule has 0 radical (unpaired) electrons. The molecule has 0 spiro atoms. The van der Waals surface area contributed by atoms with E-state index in [4.69, 9.17) is 10.5 Å². The molecule has 0 fully saturated rings. The van der Waals surface area contributed by atoms with Gasteiger partial charge in [0.25, 0.3) is 0 Å². The van der Waals surface area contributed by atoms with Crippen LogP contribution in [0.3, 0.4) is 0 Å². The van der Waals surface area contributed by atoms with Crippen molar-refractivity contribution in [3.8, 4) is 0 Å². The van der Waals surface area contributed by atoms with Gasteiger partial charge in [-0.15, -0.1) is 10.2 Å². The summed E-state index contributed by atoms with van der Waals surface area (Å²) in [5, 5.41) is 17.6. The Balaban J connectivity index is 1.71. The zero-order valence-corrected chi connectivity index (χ0v) is 12.1. The zero-order valence-electron chi connectivity index (χ0n) is 12.1. The van der Waals surface area contributed by atoms with Crippen LogP contribution in [0.1, 0.15) is 23.1 Å². The predicted octanol–water partition coefficient (Wildman–Crippen LogP) is 1.44. The highest BCUT2D eigenvalue weighted by atomic mass is 16.5. The Kier molecular flexibility index (Phi) is 4.43. The number of hydrogen-bond acceptors (Lipinski definition) is 5. The number of nitrogens with two attached hydrogens (primary N) is 1. The van der Waals surface area contributed by atoms with E-state index in [-0.39, 0.29) is 6.61 Å². The molecule has 6 heteroatoms. The summed E-state index contributed by atoms with van der Waals surface area (Å²) in [5.41, 5.74) is 8.63. The molecular weight excluding hydrogens is 280 g/mol. The van der Waals surface area contributed by atoms with Crippen molar-refractivity contribution in [3.63, 3.8) is 0 Å². The van der Waals surface area contributed by atoms with Crippen LogP contribution in [0.5, 0.6) is 0 Å². The Bertz CT molecular complexity index is 742. The van der Waals surface area contributed by atoms with Crippen molar-refractivity contribution in [2.24, 2.45) is 5.73 Å². The van der Waals surface area contributed by atoms with E-state index >= 15 is 0 Å². The minimum absolute atomic E-state index is 0.0972. The second-order valence-electron chi connectivity index (χ2n) is 5.03. The van der Waals surface area contributed by atoms with Crippen molar-refractivity contribution in [2.75, 3.05) is 6.61 Å². The number of fused-ring (bicyclic) bond motifs is 1. The molecule has 0 aliphatic carbocycles. The Labute approximate surface area is 128 Å². The van der Waals surface area contributed by atoms with Crippen LogP contribution in [0, 0.1) is 0 Å². The fourth-order valence-corrected chi connectivity index (χ4v) is 2.35. The SMILES string of the molecule is N[C@H](COCc1ccccc1)c1nnc2cccc(CO)n12. The number of rotatable bonds is 6. The van der Waals surface area contributed by atoms with Crippen LogP contribution in [0.25, 0.3) is 5.65 Å². The highest BCUT2D eigenvalue weighted by Gasteiger charge is 2.16. The number of aromatic nitrogens is 3. The third kappa shape index (κ3) is 2.99. The molecule has 6 nitrogen and oxygen atoms in total. The Morgan fingerprint density at radius 1 is 1.09 bits per heavy atom. The summed E-state index contributed by atoms with van der Waals surface area (Å²) in [6, 6.07) is 15.0. The molecule has 1 aromatic carbocycles. The van der Waals surface area contributed by atoms with E-state index in [2.05, 4.69) is 10.2 Å². The van der Waals surface area contributed by atoms with Crippen LogP contribution >= 0.6 is 0 Å². The highest BCUT2D eigenvalue weighted by molar-refractivity contribution is 5.40. The Morgan fingerprint density at radius 2 is 1.91 bits per heavy atom. The van der Waals surface area contributed by atoms with E-state index in [1.165, 1.54) is 0 Å². The van der Waals surface area contributed by atoms with Gasteiger partial charge >= 0.3 is 0 Å². The van der Waals surface area contributed by atoms with E-state index in [1.807, 2.05) is 48.5 Å². The lowest BCUT2D eigenvalue weighted by molar-refractivity contribution is 0.106. The van der Waals surface area contributed by atoms with Crippen molar-refractivity contribution in [1.29, 1.82) is 0 Å². The average Bonchev–Trinajstić information content (AvgIpc) is 3.00. The maximum Gasteiger partial charge on any atom is 0.161 e. The predicted molar refractivity (Wildman–Crippen MR) is 81.9 cm³/mol. The van der Waals surface area contributed by atoms with E-state index in [9.17, 15) is 5.11 Å². The second-order valence-corrected chi connectivity index (χ2v) is 5.03. The van der Waals surface area contributed by atoms with Gasteiger partial charge in [-0.05, 0) is 17.7 Å². The van der Waals surface area contributed by atoms with E-state index < -0.39 is 6.04 Å². The lowest BCUT2D eigenvalue weighted by Crippen LogP contribution is -2.21. The van der Waals surface area contributed by atoms with Gasteiger partial charge in [0.05, 0.1) is 31.6 Å². The molecular formula is C16H18N4O2. The molecule has 0 saturated heterocycles. The fourth-order valence-electron chi connectivity index (χ4n) is 2.35. The molecule has 3 N–H and O–H groups in total. The minimum Gasteiger partial charge on any atom is -0.390 e. The third-order valence-corrected chi connectivity index (χ3v) is 3.44. The summed E-state index contributed by atoms with van der Waals surface area (Å²) < 4.78 is 7.43. The maximum atomic E-state index is 9.44. The van der Waals surface area contributed by atoms with Gasteiger partial charge in [-0.1, -0.05) is 36.4 Å². The number of aliphatic hydroxyl groups is 1. The van der Waals surface area contributed by atoms with Crippen molar-refractivity contribution >= 4 is 5.65 Å². The van der Waals surface area contributed by atoms with Crippen LogP contribution in [-0.2, 0) is 18.0 Å². The molecule has 2 aromatic heterocycles. The number of benzene rings is 1. The van der Waals surface area contributed by atoms with Gasteiger partial charge in [-0.25, -0.2) is 0 Å². The highest BCUT2D eigenvalue weighted by Crippen LogP contribution is 2.14. The lowest BCUT2D eigenvalue weighted by atomic mass is 10.2. The number of hydrogen-bond donors (Lipinski definition) is 2. The quantitative estimate of drug-likeness (QED) is 0.719. The Morgan fingerprint density at radius 3 is 2.68 bits per heavy atom. The molecule has 22 heavy (non-hydrogen) atoms. The van der Waals surface area contributed by atoms with Crippen LogP contribution in [-0.4, -0.2) is 26.3 Å². The van der Waals surface area contributed by atoms with Gasteiger partial charge < -0.3 is 15.6 Å². The van der Waals surface area contributed by atoms with Crippen LogP contribution < -0.4 is 5.73 Å². The maximum absolute atomic E-state index is 9.44. The molecule has 0 bridgehead atoms. The molecule has 3 aromatic rings. The summed E-state index contributed by atoms with van der Waals surface area (Å²) in [6.07, 6.45) is 0. The smallest absolute Gasteiger partial charge is 0.161 e. The van der Waals surface area contributed by atoms with Gasteiger partial charge in [-0.2, -0.15) is 0 Å². The number of pyridine rings is 1. The first-order valence-electron chi connectivity index (χ1n) is 7.10. The lowest BCUT2D eigenvalue weighted by Gasteiger charge is -2.12. The first-order chi connectivity index (χ1) is 10.8. The molecule has 1 atom stereocenters. The monoisotopic (exact) mass is 298 g/mol. The largest absolute Gasteiger partial charge is 0.390 e. The molecule has 0 aliphatic rings. The van der Waals surface area contributed by atoms with E-state index in [1.54, 1.807) is 4.40 Å². The molecule has 0 aliphatic heterocycles. The van der Waals surface area contributed by atoms with E-state index in [0.29, 0.717) is 30.4 Å². The number of nitrogens with zero attached hydrogens (tertiary/aromatic N) is 3. The van der Waals surface area contributed by atoms with Gasteiger partial charge in [0, 0.05) is 0 Å². The molecule has 0 amide bonds. The average molecular weight is 298 g/mol. The van der Waals surface area contributed by atoms with Gasteiger partial charge in [0.15, 0.2) is 11.5 Å². The first-order valence-corrected chi connectivity index (χ1v) is 7.10. The van der Waals surface area contributed by atoms with Crippen molar-refractivity contribution < 1.29 is 9.84 Å². The molecule has 0 saturated carbocycles. The summed E-state index contributed by atoms with van der Waals surface area (Å²) in [5.74, 6) is 0.590. The van der Waals surface area contributed by atoms with Crippen molar-refractivity contribution in [2.45, 2.75) is 19.3 Å². The van der Waals surface area contributed by atoms with Gasteiger partial charge in [0.1, 0.15) is 0 Å². The number of ether oxygens (including phenoxy) is 1. The standard InChI is InChI=1S/C16H18N4O2/c17-14(11-22-10-12-5-2-1-3-6-12)16-19-18-15-8-4-7-13(9-21)20(15)16/h1-8,14,21H,9-11,17H2/t14-/m1/s1. The van der Waals surface area contributed by atoms with Crippen molar-refractivity contribution in [3.05, 3.63) is 65.6 Å². The van der Waals surface area contributed by atoms with Gasteiger partial charge in [0.2, 0.25) is 0 Å². The van der Waals surface area contributed by atoms with Crippen LogP contribution in [0.4, 0.5) is 0 Å². The normalized spacial score (nSPS) is 12.6. The molecule has 3 rings (SSSR count). The van der Waals surface area contributed by atoms with E-state index in [0.717, 1.165) is 5.56 Å². The Hall–Kier alpha value is -2.28.